The Morgan fingerprint density at radius 2 is 2.16 bits per heavy atom. The molecule has 0 unspecified atom stereocenters. The number of halogens is 2. The van der Waals surface area contributed by atoms with Gasteiger partial charge < -0.3 is 21.3 Å². The van der Waals surface area contributed by atoms with E-state index in [1.807, 2.05) is 22.4 Å². The second-order valence-corrected chi connectivity index (χ2v) is 8.87. The highest BCUT2D eigenvalue weighted by atomic mass is 35.5. The molecule has 1 fully saturated rings. The summed E-state index contributed by atoms with van der Waals surface area (Å²) in [4.78, 5) is 22.4. The molecule has 2 aliphatic heterocycles. The third-order valence-corrected chi connectivity index (χ3v) is 6.66. The van der Waals surface area contributed by atoms with Crippen molar-refractivity contribution < 1.29 is 4.79 Å². The van der Waals surface area contributed by atoms with Gasteiger partial charge in [-0.1, -0.05) is 41.0 Å². The van der Waals surface area contributed by atoms with Crippen molar-refractivity contribution in [3.05, 3.63) is 62.2 Å². The van der Waals surface area contributed by atoms with Gasteiger partial charge in [-0.2, -0.15) is 0 Å². The van der Waals surface area contributed by atoms with Crippen molar-refractivity contribution in [2.24, 2.45) is 5.73 Å². The fraction of sp³-hybridized carbons (Fsp3) is 0.286. The molecule has 7 nitrogen and oxygen atoms in total. The lowest BCUT2D eigenvalue weighted by molar-refractivity contribution is -0.127. The molecule has 10 heteroatoms. The molecule has 1 aromatic carbocycles. The Labute approximate surface area is 195 Å². The topological polar surface area (TPSA) is 96.2 Å². The van der Waals surface area contributed by atoms with Crippen molar-refractivity contribution in [2.45, 2.75) is 19.3 Å². The molecule has 1 amide bonds. The summed E-state index contributed by atoms with van der Waals surface area (Å²) in [6.07, 6.45) is 4.14. The van der Waals surface area contributed by atoms with Gasteiger partial charge in [0.2, 0.25) is 11.9 Å². The maximum Gasteiger partial charge on any atom is 0.223 e. The quantitative estimate of drug-likeness (QED) is 0.516. The molecule has 0 spiro atoms. The Kier molecular flexibility index (Phi) is 6.89. The van der Waals surface area contributed by atoms with E-state index in [-0.39, 0.29) is 5.91 Å². The van der Waals surface area contributed by atoms with Crippen molar-refractivity contribution in [1.82, 2.24) is 20.2 Å². The van der Waals surface area contributed by atoms with Gasteiger partial charge in [-0.3, -0.25) is 4.79 Å². The SMILES string of the molecule is N/C(=C1\NC(c2ccc(Cl)c(Cl)c2)=CS1)c1ccnc(NCCCN2CCCC2=O)n1. The number of carbonyl (C=O) groups excluding carboxylic acids is 1. The fourth-order valence-electron chi connectivity index (χ4n) is 3.35. The molecule has 2 aromatic rings. The Bertz CT molecular complexity index is 1060. The first-order chi connectivity index (χ1) is 15.0. The standard InChI is InChI=1S/C21H22Cl2N6OS/c22-14-5-4-13(11-15(14)23)17-12-31-20(27-17)19(24)16-6-8-26-21(28-16)25-7-2-10-29-9-1-3-18(29)30/h4-6,8,11-12,27H,1-3,7,9-10,24H2,(H,25,26,28)/b20-19+. The van der Waals surface area contributed by atoms with Crippen LogP contribution in [0.15, 0.2) is 40.9 Å². The number of carbonyl (C=O) groups is 1. The first-order valence-corrected chi connectivity index (χ1v) is 11.6. The number of nitrogens with one attached hydrogen (secondary N) is 2. The number of thioether (sulfide) groups is 1. The molecule has 4 N–H and O–H groups in total. The Balaban J connectivity index is 1.36. The van der Waals surface area contributed by atoms with Crippen LogP contribution in [-0.2, 0) is 4.79 Å². The molecule has 0 aliphatic carbocycles. The third kappa shape index (κ3) is 5.26. The van der Waals surface area contributed by atoms with Crippen LogP contribution in [0.4, 0.5) is 5.95 Å². The van der Waals surface area contributed by atoms with Crippen LogP contribution in [0, 0.1) is 0 Å². The zero-order chi connectivity index (χ0) is 21.8. The molecule has 31 heavy (non-hydrogen) atoms. The lowest BCUT2D eigenvalue weighted by Gasteiger charge is -2.15. The van der Waals surface area contributed by atoms with Crippen molar-refractivity contribution >= 4 is 58.2 Å². The molecule has 1 aromatic heterocycles. The highest BCUT2D eigenvalue weighted by Gasteiger charge is 2.19. The van der Waals surface area contributed by atoms with Crippen molar-refractivity contribution in [2.75, 3.05) is 25.0 Å². The maximum absolute atomic E-state index is 11.7. The van der Waals surface area contributed by atoms with E-state index in [1.165, 1.54) is 11.8 Å². The number of amides is 1. The van der Waals surface area contributed by atoms with Gasteiger partial charge >= 0.3 is 0 Å². The predicted octanol–water partition coefficient (Wildman–Crippen LogP) is 4.13. The maximum atomic E-state index is 11.7. The van der Waals surface area contributed by atoms with Crippen LogP contribution in [0.25, 0.3) is 11.4 Å². The van der Waals surface area contributed by atoms with Crippen LogP contribution >= 0.6 is 35.0 Å². The van der Waals surface area contributed by atoms with E-state index in [0.29, 0.717) is 40.4 Å². The summed E-state index contributed by atoms with van der Waals surface area (Å²) >= 11 is 13.6. The summed E-state index contributed by atoms with van der Waals surface area (Å²) in [5.41, 5.74) is 9.35. The third-order valence-electron chi connectivity index (χ3n) is 5.01. The van der Waals surface area contributed by atoms with Gasteiger partial charge in [0.15, 0.2) is 0 Å². The van der Waals surface area contributed by atoms with E-state index in [1.54, 1.807) is 18.3 Å². The minimum atomic E-state index is 0.244. The summed E-state index contributed by atoms with van der Waals surface area (Å²) in [6, 6.07) is 7.25. The molecule has 0 radical (unpaired) electrons. The molecule has 162 valence electrons. The monoisotopic (exact) mass is 476 g/mol. The van der Waals surface area contributed by atoms with Crippen molar-refractivity contribution in [3.63, 3.8) is 0 Å². The zero-order valence-corrected chi connectivity index (χ0v) is 19.0. The first kappa shape index (κ1) is 21.8. The van der Waals surface area contributed by atoms with Crippen LogP contribution in [0.1, 0.15) is 30.5 Å². The van der Waals surface area contributed by atoms with Crippen LogP contribution in [0.3, 0.4) is 0 Å². The lowest BCUT2D eigenvalue weighted by Crippen LogP contribution is -2.27. The molecule has 0 atom stereocenters. The van der Waals surface area contributed by atoms with E-state index in [9.17, 15) is 4.79 Å². The largest absolute Gasteiger partial charge is 0.395 e. The normalized spacial score (nSPS) is 17.5. The van der Waals surface area contributed by atoms with Gasteiger partial charge in [0.25, 0.3) is 0 Å². The van der Waals surface area contributed by atoms with E-state index in [0.717, 1.165) is 42.2 Å². The Morgan fingerprint density at radius 3 is 2.94 bits per heavy atom. The van der Waals surface area contributed by atoms with Crippen molar-refractivity contribution in [1.29, 1.82) is 0 Å². The summed E-state index contributed by atoms with van der Waals surface area (Å²) in [5.74, 6) is 0.752. The van der Waals surface area contributed by atoms with E-state index in [2.05, 4.69) is 20.6 Å². The molecule has 0 bridgehead atoms. The summed E-state index contributed by atoms with van der Waals surface area (Å²) < 4.78 is 0. The second kappa shape index (κ2) is 9.80. The number of rotatable bonds is 7. The molecular formula is C21H22Cl2N6OS. The van der Waals surface area contributed by atoms with Gasteiger partial charge in [0, 0.05) is 43.2 Å². The molecule has 2 aliphatic rings. The predicted molar refractivity (Wildman–Crippen MR) is 127 cm³/mol. The summed E-state index contributed by atoms with van der Waals surface area (Å²) in [6.45, 7) is 2.29. The van der Waals surface area contributed by atoms with Crippen LogP contribution in [-0.4, -0.2) is 40.4 Å². The lowest BCUT2D eigenvalue weighted by atomic mass is 10.2. The summed E-state index contributed by atoms with van der Waals surface area (Å²) in [7, 11) is 0. The number of nitrogens with zero attached hydrogens (tertiary/aromatic N) is 3. The minimum absolute atomic E-state index is 0.244. The number of hydrogen-bond acceptors (Lipinski definition) is 7. The zero-order valence-electron chi connectivity index (χ0n) is 16.7. The number of aromatic nitrogens is 2. The van der Waals surface area contributed by atoms with E-state index >= 15 is 0 Å². The molecular weight excluding hydrogens is 455 g/mol. The van der Waals surface area contributed by atoms with Crippen LogP contribution in [0.2, 0.25) is 10.0 Å². The van der Waals surface area contributed by atoms with E-state index < -0.39 is 0 Å². The second-order valence-electron chi connectivity index (χ2n) is 7.18. The van der Waals surface area contributed by atoms with Crippen LogP contribution in [0.5, 0.6) is 0 Å². The molecule has 1 saturated heterocycles. The average molecular weight is 477 g/mol. The number of anilines is 1. The first-order valence-electron chi connectivity index (χ1n) is 9.95. The average Bonchev–Trinajstić information content (AvgIpc) is 3.42. The molecule has 0 saturated carbocycles. The highest BCUT2D eigenvalue weighted by molar-refractivity contribution is 8.06. The smallest absolute Gasteiger partial charge is 0.223 e. The van der Waals surface area contributed by atoms with Gasteiger partial charge in [0.1, 0.15) is 5.03 Å². The van der Waals surface area contributed by atoms with Gasteiger partial charge in [-0.15, -0.1) is 0 Å². The highest BCUT2D eigenvalue weighted by Crippen LogP contribution is 2.35. The van der Waals surface area contributed by atoms with Gasteiger partial charge in [-0.05, 0) is 31.0 Å². The fourth-order valence-corrected chi connectivity index (χ4v) is 4.48. The number of likely N-dealkylation sites (tertiary alicyclic amines) is 1. The van der Waals surface area contributed by atoms with E-state index in [4.69, 9.17) is 28.9 Å². The van der Waals surface area contributed by atoms with Crippen LogP contribution < -0.4 is 16.4 Å². The number of nitrogens with two attached hydrogens (primary N) is 1. The molecule has 3 heterocycles. The molecule has 4 rings (SSSR count). The minimum Gasteiger partial charge on any atom is -0.395 e. The van der Waals surface area contributed by atoms with Gasteiger partial charge in [0.05, 0.1) is 27.1 Å². The number of hydrogen-bond donors (Lipinski definition) is 3. The van der Waals surface area contributed by atoms with Crippen molar-refractivity contribution in [3.8, 4) is 0 Å². The number of benzene rings is 1. The Morgan fingerprint density at radius 1 is 1.29 bits per heavy atom. The van der Waals surface area contributed by atoms with Gasteiger partial charge in [-0.25, -0.2) is 9.97 Å². The summed E-state index contributed by atoms with van der Waals surface area (Å²) in [5, 5.41) is 10.3. The Hall–Kier alpha value is -2.42.